The highest BCUT2D eigenvalue weighted by atomic mass is 31.2. The molecule has 3 aromatic rings. The average Bonchev–Trinajstić information content (AvgIpc) is 3.52. The first-order valence-electron chi connectivity index (χ1n) is 19.1. The molecule has 14 nitrogen and oxygen atoms in total. The molecular formula is C38H55FN5O9P. The fourth-order valence-corrected chi connectivity index (χ4v) is 8.17. The second-order valence-corrected chi connectivity index (χ2v) is 16.0. The Morgan fingerprint density at radius 2 is 1.74 bits per heavy atom. The third-order valence-corrected chi connectivity index (χ3v) is 11.3. The third kappa shape index (κ3) is 10.6. The summed E-state index contributed by atoms with van der Waals surface area (Å²) < 4.78 is 57.6. The standard InChI is InChI=1S/C38H55FN5O9P/c1-3-4-5-6-7-8-9-10-11-12-13-14-17-49-24-30(50-23-28-18-27(22-40)19-29(39)20-28)25-51-54(47,48)52-33-21-38(33)35(46)34(45)37(2,53-38)32-16-15-31-36(41)42-26-43-44(31)32/h15-16,18-20,26,30,33-35,45-46H,3-14,17,21,23-25H2,1-2H3,(H,47,48)(H2,41,42,43)/t30-,33-,34-,35+,37+,38-/m1/s1. The van der Waals surface area contributed by atoms with Crippen molar-refractivity contribution in [1.29, 1.82) is 5.26 Å². The molecule has 298 valence electrons. The van der Waals surface area contributed by atoms with E-state index in [1.165, 1.54) is 80.8 Å². The summed E-state index contributed by atoms with van der Waals surface area (Å²) in [4.78, 5) is 14.7. The first kappa shape index (κ1) is 42.1. The van der Waals surface area contributed by atoms with Crippen LogP contribution in [0, 0.1) is 17.1 Å². The zero-order chi connectivity index (χ0) is 38.8. The van der Waals surface area contributed by atoms with Crippen LogP contribution < -0.4 is 5.73 Å². The van der Waals surface area contributed by atoms with Gasteiger partial charge in [-0.25, -0.2) is 18.5 Å². The number of aliphatic hydroxyl groups is 2. The Balaban J connectivity index is 1.10. The van der Waals surface area contributed by atoms with E-state index in [0.29, 0.717) is 23.4 Å². The Hall–Kier alpha value is -3.03. The highest BCUT2D eigenvalue weighted by molar-refractivity contribution is 7.47. The highest BCUT2D eigenvalue weighted by Gasteiger charge is 2.74. The molecule has 5 rings (SSSR count). The number of anilines is 1. The van der Waals surface area contributed by atoms with E-state index in [-0.39, 0.29) is 31.0 Å². The molecule has 7 atom stereocenters. The first-order chi connectivity index (χ1) is 25.9. The van der Waals surface area contributed by atoms with Crippen molar-refractivity contribution in [2.75, 3.05) is 25.6 Å². The van der Waals surface area contributed by atoms with Gasteiger partial charge in [0.1, 0.15) is 53.3 Å². The van der Waals surface area contributed by atoms with Crippen molar-refractivity contribution in [3.05, 3.63) is 59.3 Å². The van der Waals surface area contributed by atoms with Gasteiger partial charge in [0.25, 0.3) is 0 Å². The number of benzene rings is 1. The minimum absolute atomic E-state index is 0.0119. The maximum atomic E-state index is 14.1. The molecule has 0 amide bonds. The number of nitrogen functional groups attached to an aromatic ring is 1. The maximum Gasteiger partial charge on any atom is 0.472 e. The van der Waals surface area contributed by atoms with Crippen molar-refractivity contribution in [1.82, 2.24) is 14.6 Å². The second-order valence-electron chi connectivity index (χ2n) is 14.6. The normalized spacial score (nSPS) is 25.2. The monoisotopic (exact) mass is 775 g/mol. The Morgan fingerprint density at radius 1 is 1.06 bits per heavy atom. The zero-order valence-corrected chi connectivity index (χ0v) is 32.2. The summed E-state index contributed by atoms with van der Waals surface area (Å²) in [5.41, 5.74) is 4.42. The maximum absolute atomic E-state index is 14.1. The van der Waals surface area contributed by atoms with Gasteiger partial charge in [0.2, 0.25) is 0 Å². The van der Waals surface area contributed by atoms with E-state index >= 15 is 0 Å². The van der Waals surface area contributed by atoms with Crippen LogP contribution in [0.25, 0.3) is 5.52 Å². The van der Waals surface area contributed by atoms with Gasteiger partial charge < -0.3 is 35.1 Å². The molecule has 2 aromatic heterocycles. The summed E-state index contributed by atoms with van der Waals surface area (Å²) in [5, 5.41) is 35.7. The molecule has 1 spiro atoms. The van der Waals surface area contributed by atoms with Crippen LogP contribution >= 0.6 is 7.82 Å². The molecule has 1 saturated heterocycles. The average molecular weight is 776 g/mol. The quantitative estimate of drug-likeness (QED) is 0.0589. The molecule has 0 bridgehead atoms. The summed E-state index contributed by atoms with van der Waals surface area (Å²) in [5.74, 6) is -0.371. The van der Waals surface area contributed by atoms with Gasteiger partial charge in [0.15, 0.2) is 5.82 Å². The van der Waals surface area contributed by atoms with Gasteiger partial charge in [-0.2, -0.15) is 10.4 Å². The van der Waals surface area contributed by atoms with Crippen molar-refractivity contribution in [3.8, 4) is 6.07 Å². The lowest BCUT2D eigenvalue weighted by Crippen LogP contribution is -2.40. The number of nitriles is 1. The number of fused-ring (bicyclic) bond motifs is 1. The largest absolute Gasteiger partial charge is 0.472 e. The number of hydrogen-bond acceptors (Lipinski definition) is 12. The fraction of sp³-hybridized carbons (Fsp3) is 0.658. The minimum Gasteiger partial charge on any atom is -0.387 e. The summed E-state index contributed by atoms with van der Waals surface area (Å²) in [6.07, 6.45) is 11.0. The van der Waals surface area contributed by atoms with Gasteiger partial charge in [-0.05, 0) is 49.2 Å². The predicted molar refractivity (Wildman–Crippen MR) is 197 cm³/mol. The molecule has 1 saturated carbocycles. The minimum atomic E-state index is -4.76. The summed E-state index contributed by atoms with van der Waals surface area (Å²) in [6.45, 7) is 3.78. The van der Waals surface area contributed by atoms with E-state index in [9.17, 15) is 29.3 Å². The van der Waals surface area contributed by atoms with Crippen molar-refractivity contribution in [2.24, 2.45) is 0 Å². The van der Waals surface area contributed by atoms with E-state index < -0.39 is 55.9 Å². The van der Waals surface area contributed by atoms with Gasteiger partial charge in [0, 0.05) is 13.0 Å². The molecule has 3 heterocycles. The van der Waals surface area contributed by atoms with E-state index in [1.54, 1.807) is 19.1 Å². The number of rotatable bonds is 24. The lowest BCUT2D eigenvalue weighted by molar-refractivity contribution is -0.0995. The van der Waals surface area contributed by atoms with Crippen molar-refractivity contribution < 1.29 is 47.3 Å². The number of aliphatic hydroxyl groups excluding tert-OH is 2. The van der Waals surface area contributed by atoms with Crippen molar-refractivity contribution in [2.45, 2.75) is 140 Å². The molecule has 1 aromatic carbocycles. The van der Waals surface area contributed by atoms with Crippen LogP contribution in [0.3, 0.4) is 0 Å². The van der Waals surface area contributed by atoms with Crippen LogP contribution in [0.15, 0.2) is 36.7 Å². The number of hydrogen-bond donors (Lipinski definition) is 4. The second kappa shape index (κ2) is 19.2. The third-order valence-electron chi connectivity index (χ3n) is 10.3. The van der Waals surface area contributed by atoms with Crippen LogP contribution in [0.2, 0.25) is 0 Å². The van der Waals surface area contributed by atoms with Crippen LogP contribution in [0.4, 0.5) is 10.2 Å². The molecular weight excluding hydrogens is 720 g/mol. The molecule has 1 unspecified atom stereocenters. The SMILES string of the molecule is CCCCCCCCCCCCCCOC[C@H](COP(=O)(O)O[C@@H]1C[C@@]12O[C@@](C)(c1ccc3c(N)ncnn13)[C@H](O)[C@@H]2O)OCc1cc(F)cc(C#N)c1. The van der Waals surface area contributed by atoms with E-state index in [2.05, 4.69) is 17.0 Å². The molecule has 16 heteroatoms. The van der Waals surface area contributed by atoms with Crippen molar-refractivity contribution in [3.63, 3.8) is 0 Å². The number of phosphoric ester groups is 1. The molecule has 0 radical (unpaired) electrons. The van der Waals surface area contributed by atoms with Gasteiger partial charge >= 0.3 is 7.82 Å². The summed E-state index contributed by atoms with van der Waals surface area (Å²) in [7, 11) is -4.76. The molecule has 54 heavy (non-hydrogen) atoms. The van der Waals surface area contributed by atoms with Gasteiger partial charge in [-0.1, -0.05) is 77.6 Å². The van der Waals surface area contributed by atoms with Gasteiger partial charge in [-0.15, -0.1) is 0 Å². The molecule has 1 aliphatic carbocycles. The van der Waals surface area contributed by atoms with E-state index in [4.69, 9.17) is 29.0 Å². The highest BCUT2D eigenvalue weighted by Crippen LogP contribution is 2.62. The number of ether oxygens (including phenoxy) is 3. The number of phosphoric acid groups is 1. The smallest absolute Gasteiger partial charge is 0.387 e. The van der Waals surface area contributed by atoms with Crippen LogP contribution in [0.5, 0.6) is 0 Å². The lowest BCUT2D eigenvalue weighted by atomic mass is 9.93. The Morgan fingerprint density at radius 3 is 2.43 bits per heavy atom. The number of nitrogens with zero attached hydrogens (tertiary/aromatic N) is 4. The number of unbranched alkanes of at least 4 members (excludes halogenated alkanes) is 11. The van der Waals surface area contributed by atoms with Crippen molar-refractivity contribution >= 4 is 19.2 Å². The van der Waals surface area contributed by atoms with Gasteiger partial charge in [-0.3, -0.25) is 9.05 Å². The Kier molecular flexibility index (Phi) is 15.0. The molecule has 2 aliphatic rings. The topological polar surface area (TPSA) is 204 Å². The molecule has 5 N–H and O–H groups in total. The predicted octanol–water partition coefficient (Wildman–Crippen LogP) is 6.24. The molecule has 2 fully saturated rings. The van der Waals surface area contributed by atoms with E-state index in [0.717, 1.165) is 25.3 Å². The first-order valence-corrected chi connectivity index (χ1v) is 20.6. The zero-order valence-electron chi connectivity index (χ0n) is 31.3. The summed E-state index contributed by atoms with van der Waals surface area (Å²) in [6, 6.07) is 9.08. The number of aromatic nitrogens is 3. The lowest BCUT2D eigenvalue weighted by Gasteiger charge is -2.27. The van der Waals surface area contributed by atoms with Gasteiger partial charge in [0.05, 0.1) is 37.1 Å². The Labute approximate surface area is 316 Å². The number of nitrogens with two attached hydrogens (primary N) is 1. The molecule has 1 aliphatic heterocycles. The number of halogens is 1. The Bertz CT molecular complexity index is 1760. The summed E-state index contributed by atoms with van der Waals surface area (Å²) >= 11 is 0. The van der Waals surface area contributed by atoms with Crippen LogP contribution in [0.1, 0.15) is 114 Å². The fourth-order valence-electron chi connectivity index (χ4n) is 7.18. The van der Waals surface area contributed by atoms with E-state index in [1.807, 2.05) is 6.07 Å². The van der Waals surface area contributed by atoms with Crippen LogP contribution in [-0.4, -0.2) is 79.5 Å². The van der Waals surface area contributed by atoms with Crippen LogP contribution in [-0.2, 0) is 40.0 Å².